The Bertz CT molecular complexity index is 439. The summed E-state index contributed by atoms with van der Waals surface area (Å²) in [6.07, 6.45) is 1.23. The van der Waals surface area contributed by atoms with E-state index in [0.717, 1.165) is 18.8 Å². The molecule has 0 spiro atoms. The van der Waals surface area contributed by atoms with Crippen molar-refractivity contribution < 1.29 is 0 Å². The van der Waals surface area contributed by atoms with E-state index in [1.165, 1.54) is 13.0 Å². The molecular weight excluding hydrogens is 234 g/mol. The van der Waals surface area contributed by atoms with Crippen molar-refractivity contribution in [1.29, 1.82) is 5.26 Å². The molecular formula is C13H16ClN3. The molecule has 90 valence electrons. The van der Waals surface area contributed by atoms with E-state index in [1.807, 2.05) is 6.07 Å². The standard InChI is InChI=1S/C13H16ClN3/c1-17-5-4-11(9-17)8-16-13-3-2-10(7-15)6-12(13)14/h2-3,6,11,16H,4-5,8-9H2,1H3. The Balaban J connectivity index is 1.93. The molecule has 3 nitrogen and oxygen atoms in total. The summed E-state index contributed by atoms with van der Waals surface area (Å²) in [5.41, 5.74) is 1.52. The molecule has 2 rings (SSSR count). The predicted molar refractivity (Wildman–Crippen MR) is 70.3 cm³/mol. The highest BCUT2D eigenvalue weighted by Crippen LogP contribution is 2.24. The lowest BCUT2D eigenvalue weighted by molar-refractivity contribution is 0.399. The van der Waals surface area contributed by atoms with E-state index in [1.54, 1.807) is 12.1 Å². The lowest BCUT2D eigenvalue weighted by Crippen LogP contribution is -2.19. The first-order valence-corrected chi connectivity index (χ1v) is 6.19. The highest BCUT2D eigenvalue weighted by Gasteiger charge is 2.19. The summed E-state index contributed by atoms with van der Waals surface area (Å²) in [4.78, 5) is 2.34. The number of hydrogen-bond donors (Lipinski definition) is 1. The van der Waals surface area contributed by atoms with Crippen molar-refractivity contribution in [3.63, 3.8) is 0 Å². The fraction of sp³-hybridized carbons (Fsp3) is 0.462. The molecule has 0 amide bonds. The Morgan fingerprint density at radius 1 is 1.59 bits per heavy atom. The van der Waals surface area contributed by atoms with Crippen molar-refractivity contribution in [3.8, 4) is 6.07 Å². The molecule has 1 aliphatic heterocycles. The summed E-state index contributed by atoms with van der Waals surface area (Å²) in [5.74, 6) is 0.687. The zero-order valence-corrected chi connectivity index (χ0v) is 10.7. The van der Waals surface area contributed by atoms with Gasteiger partial charge in [-0.15, -0.1) is 0 Å². The first kappa shape index (κ1) is 12.2. The largest absolute Gasteiger partial charge is 0.384 e. The number of hydrogen-bond acceptors (Lipinski definition) is 3. The van der Waals surface area contributed by atoms with Crippen LogP contribution in [0, 0.1) is 17.2 Å². The van der Waals surface area contributed by atoms with E-state index in [2.05, 4.69) is 23.3 Å². The van der Waals surface area contributed by atoms with Crippen molar-refractivity contribution in [2.24, 2.45) is 5.92 Å². The Morgan fingerprint density at radius 3 is 3.00 bits per heavy atom. The van der Waals surface area contributed by atoms with Gasteiger partial charge >= 0.3 is 0 Å². The van der Waals surface area contributed by atoms with Gasteiger partial charge in [0.15, 0.2) is 0 Å². The monoisotopic (exact) mass is 249 g/mol. The average molecular weight is 250 g/mol. The molecule has 1 heterocycles. The van der Waals surface area contributed by atoms with Gasteiger partial charge in [0, 0.05) is 13.1 Å². The number of likely N-dealkylation sites (tertiary alicyclic amines) is 1. The van der Waals surface area contributed by atoms with Crippen molar-refractivity contribution in [3.05, 3.63) is 28.8 Å². The lowest BCUT2D eigenvalue weighted by atomic mass is 10.1. The summed E-state index contributed by atoms with van der Waals surface area (Å²) < 4.78 is 0. The molecule has 1 aliphatic rings. The molecule has 1 unspecified atom stereocenters. The minimum atomic E-state index is 0.598. The van der Waals surface area contributed by atoms with Crippen molar-refractivity contribution in [2.45, 2.75) is 6.42 Å². The third-order valence-corrected chi connectivity index (χ3v) is 3.48. The fourth-order valence-electron chi connectivity index (χ4n) is 2.18. The summed E-state index contributed by atoms with van der Waals surface area (Å²) >= 11 is 6.10. The van der Waals surface area contributed by atoms with Gasteiger partial charge < -0.3 is 10.2 Å². The van der Waals surface area contributed by atoms with E-state index in [0.29, 0.717) is 16.5 Å². The van der Waals surface area contributed by atoms with Crippen molar-refractivity contribution in [2.75, 3.05) is 32.0 Å². The molecule has 1 aromatic rings. The quantitative estimate of drug-likeness (QED) is 0.895. The molecule has 1 N–H and O–H groups in total. The van der Waals surface area contributed by atoms with Crippen LogP contribution >= 0.6 is 11.6 Å². The number of nitriles is 1. The second-order valence-electron chi connectivity index (χ2n) is 4.60. The van der Waals surface area contributed by atoms with E-state index < -0.39 is 0 Å². The minimum absolute atomic E-state index is 0.598. The van der Waals surface area contributed by atoms with Crippen LogP contribution in [0.2, 0.25) is 5.02 Å². The molecule has 0 radical (unpaired) electrons. The van der Waals surface area contributed by atoms with Gasteiger partial charge in [-0.25, -0.2) is 0 Å². The van der Waals surface area contributed by atoms with Crippen LogP contribution in [0.25, 0.3) is 0 Å². The van der Waals surface area contributed by atoms with Crippen molar-refractivity contribution >= 4 is 17.3 Å². The van der Waals surface area contributed by atoms with Gasteiger partial charge in [0.25, 0.3) is 0 Å². The van der Waals surface area contributed by atoms with Gasteiger partial charge in [0.05, 0.1) is 22.3 Å². The second kappa shape index (κ2) is 5.39. The highest BCUT2D eigenvalue weighted by atomic mass is 35.5. The van der Waals surface area contributed by atoms with Crippen LogP contribution in [0.1, 0.15) is 12.0 Å². The van der Waals surface area contributed by atoms with E-state index in [9.17, 15) is 0 Å². The molecule has 0 bridgehead atoms. The Kier molecular flexibility index (Phi) is 3.88. The predicted octanol–water partition coefficient (Wildman–Crippen LogP) is 2.58. The first-order valence-electron chi connectivity index (χ1n) is 5.81. The normalized spacial score (nSPS) is 20.2. The smallest absolute Gasteiger partial charge is 0.0992 e. The number of nitrogens with zero attached hydrogens (tertiary/aromatic N) is 2. The van der Waals surface area contributed by atoms with E-state index in [-0.39, 0.29) is 0 Å². The molecule has 0 saturated carbocycles. The Hall–Kier alpha value is -1.24. The Morgan fingerprint density at radius 2 is 2.41 bits per heavy atom. The molecule has 0 aromatic heterocycles. The molecule has 1 aromatic carbocycles. The number of nitrogens with one attached hydrogen (secondary N) is 1. The topological polar surface area (TPSA) is 39.1 Å². The maximum Gasteiger partial charge on any atom is 0.0992 e. The van der Waals surface area contributed by atoms with Crippen LogP contribution < -0.4 is 5.32 Å². The number of anilines is 1. The molecule has 1 fully saturated rings. The Labute approximate surface area is 107 Å². The number of halogens is 1. The van der Waals surface area contributed by atoms with Crippen LogP contribution in [0.15, 0.2) is 18.2 Å². The van der Waals surface area contributed by atoms with Gasteiger partial charge in [0.2, 0.25) is 0 Å². The van der Waals surface area contributed by atoms with Gasteiger partial charge in [-0.3, -0.25) is 0 Å². The van der Waals surface area contributed by atoms with E-state index >= 15 is 0 Å². The molecule has 0 aliphatic carbocycles. The van der Waals surface area contributed by atoms with Crippen LogP contribution in [-0.4, -0.2) is 31.6 Å². The molecule has 1 saturated heterocycles. The zero-order valence-electron chi connectivity index (χ0n) is 9.91. The first-order chi connectivity index (χ1) is 8.19. The maximum absolute atomic E-state index is 8.75. The van der Waals surface area contributed by atoms with Gasteiger partial charge in [-0.05, 0) is 44.1 Å². The average Bonchev–Trinajstić information content (AvgIpc) is 2.73. The third kappa shape index (κ3) is 3.12. The lowest BCUT2D eigenvalue weighted by Gasteiger charge is -2.13. The van der Waals surface area contributed by atoms with Gasteiger partial charge in [-0.2, -0.15) is 5.26 Å². The van der Waals surface area contributed by atoms with Crippen LogP contribution in [-0.2, 0) is 0 Å². The highest BCUT2D eigenvalue weighted by molar-refractivity contribution is 6.33. The number of rotatable bonds is 3. The SMILES string of the molecule is CN1CCC(CNc2ccc(C#N)cc2Cl)C1. The van der Waals surface area contributed by atoms with Crippen LogP contribution in [0.3, 0.4) is 0 Å². The molecule has 17 heavy (non-hydrogen) atoms. The zero-order chi connectivity index (χ0) is 12.3. The third-order valence-electron chi connectivity index (χ3n) is 3.17. The summed E-state index contributed by atoms with van der Waals surface area (Å²) in [6, 6.07) is 7.44. The maximum atomic E-state index is 8.75. The molecule has 1 atom stereocenters. The number of benzene rings is 1. The van der Waals surface area contributed by atoms with Crippen LogP contribution in [0.4, 0.5) is 5.69 Å². The molecule has 4 heteroatoms. The van der Waals surface area contributed by atoms with Crippen molar-refractivity contribution in [1.82, 2.24) is 4.90 Å². The summed E-state index contributed by atoms with van der Waals surface area (Å²) in [5, 5.41) is 12.7. The summed E-state index contributed by atoms with van der Waals surface area (Å²) in [6.45, 7) is 3.25. The fourth-order valence-corrected chi connectivity index (χ4v) is 2.42. The second-order valence-corrected chi connectivity index (χ2v) is 5.01. The summed E-state index contributed by atoms with van der Waals surface area (Å²) in [7, 11) is 2.15. The van der Waals surface area contributed by atoms with Crippen LogP contribution in [0.5, 0.6) is 0 Å². The van der Waals surface area contributed by atoms with Gasteiger partial charge in [-0.1, -0.05) is 11.6 Å². The van der Waals surface area contributed by atoms with Gasteiger partial charge in [0.1, 0.15) is 0 Å². The minimum Gasteiger partial charge on any atom is -0.384 e. The van der Waals surface area contributed by atoms with E-state index in [4.69, 9.17) is 16.9 Å².